The minimum Gasteiger partial charge on any atom is -0.494 e. The Morgan fingerprint density at radius 2 is 2.37 bits per heavy atom. The molecule has 2 atom stereocenters. The molecule has 3 heteroatoms. The van der Waals surface area contributed by atoms with Gasteiger partial charge in [-0.05, 0) is 56.7 Å². The normalized spacial score (nSPS) is 20.4. The maximum atomic E-state index is 10.2. The Bertz CT molecular complexity index is 372. The summed E-state index contributed by atoms with van der Waals surface area (Å²) in [7, 11) is 0. The van der Waals surface area contributed by atoms with Crippen molar-refractivity contribution in [3.8, 4) is 5.75 Å². The van der Waals surface area contributed by atoms with Gasteiger partial charge < -0.3 is 14.6 Å². The van der Waals surface area contributed by atoms with E-state index in [4.69, 9.17) is 9.47 Å². The highest BCUT2D eigenvalue weighted by molar-refractivity contribution is 5.29. The summed E-state index contributed by atoms with van der Waals surface area (Å²) in [5, 5.41) is 10.2. The van der Waals surface area contributed by atoms with Crippen molar-refractivity contribution >= 4 is 0 Å². The van der Waals surface area contributed by atoms with Gasteiger partial charge in [-0.15, -0.1) is 0 Å². The molecule has 0 saturated carbocycles. The number of aliphatic hydroxyl groups is 1. The second kappa shape index (κ2) is 7.51. The first kappa shape index (κ1) is 14.4. The molecule has 2 rings (SSSR count). The molecule has 1 aromatic carbocycles. The third kappa shape index (κ3) is 4.51. The molecule has 0 amide bonds. The van der Waals surface area contributed by atoms with E-state index >= 15 is 0 Å². The van der Waals surface area contributed by atoms with Crippen LogP contribution in [0.5, 0.6) is 5.75 Å². The van der Waals surface area contributed by atoms with Crippen molar-refractivity contribution < 1.29 is 14.6 Å². The molecular weight excluding hydrogens is 240 g/mol. The van der Waals surface area contributed by atoms with Crippen LogP contribution in [-0.4, -0.2) is 24.4 Å². The first-order valence-corrected chi connectivity index (χ1v) is 7.32. The van der Waals surface area contributed by atoms with Crippen LogP contribution in [0.1, 0.15) is 50.7 Å². The van der Waals surface area contributed by atoms with E-state index in [-0.39, 0.29) is 0 Å². The first-order valence-electron chi connectivity index (χ1n) is 7.32. The van der Waals surface area contributed by atoms with Gasteiger partial charge in [-0.25, -0.2) is 0 Å². The third-order valence-corrected chi connectivity index (χ3v) is 3.58. The average molecular weight is 264 g/mol. The second-order valence-corrected chi connectivity index (χ2v) is 5.09. The molecule has 0 radical (unpaired) electrons. The summed E-state index contributed by atoms with van der Waals surface area (Å²) in [5.74, 6) is 0.832. The zero-order valence-electron chi connectivity index (χ0n) is 11.7. The molecule has 0 spiro atoms. The van der Waals surface area contributed by atoms with Crippen LogP contribution in [0.3, 0.4) is 0 Å². The molecule has 1 heterocycles. The highest BCUT2D eigenvalue weighted by Crippen LogP contribution is 2.25. The van der Waals surface area contributed by atoms with Gasteiger partial charge >= 0.3 is 0 Å². The van der Waals surface area contributed by atoms with Gasteiger partial charge in [0.2, 0.25) is 0 Å². The Labute approximate surface area is 115 Å². The van der Waals surface area contributed by atoms with Gasteiger partial charge in [0.05, 0.1) is 18.8 Å². The molecule has 106 valence electrons. The molecule has 19 heavy (non-hydrogen) atoms. The Kier molecular flexibility index (Phi) is 5.67. The standard InChI is InChI=1S/C16H24O3/c1-2-18-15-8-3-6-13(12-15)16(17)10-4-7-14-9-5-11-19-14/h3,6,8,12,14,16-17H,2,4-5,7,9-11H2,1H3. The number of ether oxygens (including phenoxy) is 2. The predicted molar refractivity (Wildman–Crippen MR) is 75.4 cm³/mol. The van der Waals surface area contributed by atoms with Crippen molar-refractivity contribution in [1.82, 2.24) is 0 Å². The van der Waals surface area contributed by atoms with Crippen LogP contribution in [0.25, 0.3) is 0 Å². The summed E-state index contributed by atoms with van der Waals surface area (Å²) in [5.41, 5.74) is 0.943. The predicted octanol–water partition coefficient (Wildman–Crippen LogP) is 3.47. The zero-order chi connectivity index (χ0) is 13.5. The lowest BCUT2D eigenvalue weighted by Gasteiger charge is -2.14. The fraction of sp³-hybridized carbons (Fsp3) is 0.625. The molecule has 2 unspecified atom stereocenters. The minimum absolute atomic E-state index is 0.401. The Balaban J connectivity index is 1.78. The fourth-order valence-corrected chi connectivity index (χ4v) is 2.56. The molecule has 1 N–H and O–H groups in total. The van der Waals surface area contributed by atoms with E-state index in [0.717, 1.165) is 37.2 Å². The van der Waals surface area contributed by atoms with Crippen molar-refractivity contribution in [1.29, 1.82) is 0 Å². The van der Waals surface area contributed by atoms with Crippen LogP contribution in [0, 0.1) is 0 Å². The number of benzene rings is 1. The lowest BCUT2D eigenvalue weighted by molar-refractivity contribution is 0.0944. The Morgan fingerprint density at radius 3 is 3.11 bits per heavy atom. The van der Waals surface area contributed by atoms with Crippen LogP contribution in [0.4, 0.5) is 0 Å². The lowest BCUT2D eigenvalue weighted by atomic mass is 10.0. The molecule has 0 aromatic heterocycles. The molecule has 1 fully saturated rings. The monoisotopic (exact) mass is 264 g/mol. The fourth-order valence-electron chi connectivity index (χ4n) is 2.56. The van der Waals surface area contributed by atoms with Gasteiger partial charge in [0.15, 0.2) is 0 Å². The van der Waals surface area contributed by atoms with E-state index < -0.39 is 6.10 Å². The van der Waals surface area contributed by atoms with E-state index in [2.05, 4.69) is 0 Å². The molecule has 1 saturated heterocycles. The molecule has 3 nitrogen and oxygen atoms in total. The van der Waals surface area contributed by atoms with Crippen LogP contribution in [0.15, 0.2) is 24.3 Å². The Hall–Kier alpha value is -1.06. The van der Waals surface area contributed by atoms with E-state index in [1.807, 2.05) is 31.2 Å². The minimum atomic E-state index is -0.401. The summed E-state index contributed by atoms with van der Waals surface area (Å²) in [6, 6.07) is 7.75. The van der Waals surface area contributed by atoms with Crippen molar-refractivity contribution in [3.63, 3.8) is 0 Å². The van der Waals surface area contributed by atoms with Gasteiger partial charge in [0.25, 0.3) is 0 Å². The van der Waals surface area contributed by atoms with Gasteiger partial charge in [-0.2, -0.15) is 0 Å². The smallest absolute Gasteiger partial charge is 0.119 e. The second-order valence-electron chi connectivity index (χ2n) is 5.09. The molecule has 1 aliphatic heterocycles. The zero-order valence-corrected chi connectivity index (χ0v) is 11.7. The maximum Gasteiger partial charge on any atom is 0.119 e. The molecular formula is C16H24O3. The van der Waals surface area contributed by atoms with Gasteiger partial charge in [0, 0.05) is 6.61 Å². The summed E-state index contributed by atoms with van der Waals surface area (Å²) in [4.78, 5) is 0. The highest BCUT2D eigenvalue weighted by atomic mass is 16.5. The maximum absolute atomic E-state index is 10.2. The summed E-state index contributed by atoms with van der Waals surface area (Å²) < 4.78 is 11.0. The number of hydrogen-bond acceptors (Lipinski definition) is 3. The van der Waals surface area contributed by atoms with E-state index in [0.29, 0.717) is 12.7 Å². The molecule has 1 aromatic rings. The van der Waals surface area contributed by atoms with Crippen LogP contribution in [-0.2, 0) is 4.74 Å². The van der Waals surface area contributed by atoms with Crippen LogP contribution < -0.4 is 4.74 Å². The average Bonchev–Trinajstić information content (AvgIpc) is 2.92. The molecule has 1 aliphatic rings. The molecule has 0 bridgehead atoms. The van der Waals surface area contributed by atoms with E-state index in [1.165, 1.54) is 12.8 Å². The summed E-state index contributed by atoms with van der Waals surface area (Å²) in [6.07, 6.45) is 5.23. The number of aliphatic hydroxyl groups excluding tert-OH is 1. The topological polar surface area (TPSA) is 38.7 Å². The summed E-state index contributed by atoms with van der Waals surface area (Å²) >= 11 is 0. The van der Waals surface area contributed by atoms with Crippen molar-refractivity contribution in [2.45, 2.75) is 51.2 Å². The largest absolute Gasteiger partial charge is 0.494 e. The lowest BCUT2D eigenvalue weighted by Crippen LogP contribution is -2.06. The SMILES string of the molecule is CCOc1cccc(C(O)CCCC2CCCO2)c1. The number of rotatable bonds is 7. The van der Waals surface area contributed by atoms with Crippen molar-refractivity contribution in [3.05, 3.63) is 29.8 Å². The van der Waals surface area contributed by atoms with Gasteiger partial charge in [-0.3, -0.25) is 0 Å². The first-order chi connectivity index (χ1) is 9.29. The Morgan fingerprint density at radius 1 is 1.47 bits per heavy atom. The van der Waals surface area contributed by atoms with E-state index in [1.54, 1.807) is 0 Å². The summed E-state index contributed by atoms with van der Waals surface area (Å²) in [6.45, 7) is 3.52. The number of hydrogen-bond donors (Lipinski definition) is 1. The van der Waals surface area contributed by atoms with Gasteiger partial charge in [0.1, 0.15) is 5.75 Å². The van der Waals surface area contributed by atoms with Crippen molar-refractivity contribution in [2.75, 3.05) is 13.2 Å². The highest BCUT2D eigenvalue weighted by Gasteiger charge is 2.16. The van der Waals surface area contributed by atoms with Gasteiger partial charge in [-0.1, -0.05) is 12.1 Å². The third-order valence-electron chi connectivity index (χ3n) is 3.58. The molecule has 0 aliphatic carbocycles. The van der Waals surface area contributed by atoms with Crippen LogP contribution >= 0.6 is 0 Å². The quantitative estimate of drug-likeness (QED) is 0.819. The van der Waals surface area contributed by atoms with Crippen molar-refractivity contribution in [2.24, 2.45) is 0 Å². The van der Waals surface area contributed by atoms with E-state index in [9.17, 15) is 5.11 Å². The van der Waals surface area contributed by atoms with Crippen LogP contribution in [0.2, 0.25) is 0 Å².